The number of rotatable bonds is 4. The van der Waals surface area contributed by atoms with Gasteiger partial charge in [0.2, 0.25) is 15.9 Å². The highest BCUT2D eigenvalue weighted by Crippen LogP contribution is 2.23. The number of likely N-dealkylation sites (N-methyl/N-ethyl adjacent to an activating group) is 1. The normalized spacial score (nSPS) is 12.9. The Labute approximate surface area is 116 Å². The molecule has 0 aliphatic carbocycles. The van der Waals surface area contributed by atoms with Crippen molar-refractivity contribution in [1.29, 1.82) is 0 Å². The molecule has 0 saturated heterocycles. The highest BCUT2D eigenvalue weighted by molar-refractivity contribution is 7.92. The Kier molecular flexibility index (Phi) is 4.69. The van der Waals surface area contributed by atoms with Gasteiger partial charge >= 0.3 is 0 Å². The molecule has 1 rings (SSSR count). The van der Waals surface area contributed by atoms with E-state index in [2.05, 4.69) is 0 Å². The number of amides is 1. The molecule has 0 spiro atoms. The molecule has 0 saturated carbocycles. The summed E-state index contributed by atoms with van der Waals surface area (Å²) < 4.78 is 50.6. The van der Waals surface area contributed by atoms with E-state index in [9.17, 15) is 22.0 Å². The van der Waals surface area contributed by atoms with Gasteiger partial charge in [-0.05, 0) is 19.1 Å². The topological polar surface area (TPSA) is 57.7 Å². The minimum Gasteiger partial charge on any atom is -0.347 e. The van der Waals surface area contributed by atoms with Crippen molar-refractivity contribution >= 4 is 21.6 Å². The Bertz CT molecular complexity index is 617. The summed E-state index contributed by atoms with van der Waals surface area (Å²) in [5.74, 6) is -2.74. The van der Waals surface area contributed by atoms with Crippen molar-refractivity contribution in [2.24, 2.45) is 0 Å². The van der Waals surface area contributed by atoms with E-state index in [1.54, 1.807) is 0 Å². The molecule has 0 N–H and O–H groups in total. The third kappa shape index (κ3) is 3.44. The number of carbonyl (C=O) groups excluding carboxylic acids is 1. The van der Waals surface area contributed by atoms with Crippen LogP contribution >= 0.6 is 0 Å². The van der Waals surface area contributed by atoms with E-state index in [4.69, 9.17) is 0 Å². The zero-order valence-electron chi connectivity index (χ0n) is 11.6. The maximum absolute atomic E-state index is 13.3. The molecule has 5 nitrogen and oxygen atoms in total. The molecule has 0 unspecified atom stereocenters. The molecule has 0 fully saturated rings. The first-order valence-corrected chi connectivity index (χ1v) is 7.56. The van der Waals surface area contributed by atoms with E-state index < -0.39 is 33.6 Å². The lowest BCUT2D eigenvalue weighted by molar-refractivity contribution is -0.129. The summed E-state index contributed by atoms with van der Waals surface area (Å²) in [4.78, 5) is 13.1. The predicted molar refractivity (Wildman–Crippen MR) is 71.8 cm³/mol. The highest BCUT2D eigenvalue weighted by atomic mass is 32.2. The van der Waals surface area contributed by atoms with Crippen molar-refractivity contribution in [3.05, 3.63) is 29.8 Å². The van der Waals surface area contributed by atoms with Gasteiger partial charge in [0.25, 0.3) is 0 Å². The standard InChI is InChI=1S/C12H16F2N2O3S/c1-8(12(17)15(2)3)16(20(4,18)19)9-5-6-10(13)11(14)7-9/h5-8H,1-4H3/t8-/m1/s1. The van der Waals surface area contributed by atoms with E-state index in [1.807, 2.05) is 0 Å². The fourth-order valence-corrected chi connectivity index (χ4v) is 2.96. The van der Waals surface area contributed by atoms with Crippen LogP contribution in [0.1, 0.15) is 6.92 Å². The lowest BCUT2D eigenvalue weighted by Crippen LogP contribution is -2.47. The summed E-state index contributed by atoms with van der Waals surface area (Å²) in [5.41, 5.74) is -0.103. The molecule has 112 valence electrons. The second kappa shape index (κ2) is 5.74. The Hall–Kier alpha value is -1.70. The number of anilines is 1. The van der Waals surface area contributed by atoms with Crippen molar-refractivity contribution < 1.29 is 22.0 Å². The number of hydrogen-bond donors (Lipinski definition) is 0. The summed E-state index contributed by atoms with van der Waals surface area (Å²) >= 11 is 0. The molecule has 0 aliphatic rings. The van der Waals surface area contributed by atoms with Crippen LogP contribution in [-0.2, 0) is 14.8 Å². The number of benzene rings is 1. The molecule has 0 bridgehead atoms. The predicted octanol–water partition coefficient (Wildman–Crippen LogP) is 1.21. The Morgan fingerprint density at radius 2 is 1.75 bits per heavy atom. The van der Waals surface area contributed by atoms with Gasteiger partial charge in [-0.15, -0.1) is 0 Å². The minimum atomic E-state index is -3.83. The third-order valence-electron chi connectivity index (χ3n) is 2.66. The largest absolute Gasteiger partial charge is 0.347 e. The van der Waals surface area contributed by atoms with Crippen LogP contribution in [0, 0.1) is 11.6 Å². The molecule has 1 atom stereocenters. The molecule has 8 heteroatoms. The van der Waals surface area contributed by atoms with Crippen LogP contribution in [0.5, 0.6) is 0 Å². The van der Waals surface area contributed by atoms with Gasteiger partial charge in [-0.1, -0.05) is 0 Å². The van der Waals surface area contributed by atoms with Gasteiger partial charge in [-0.2, -0.15) is 0 Å². The smallest absolute Gasteiger partial charge is 0.245 e. The highest BCUT2D eigenvalue weighted by Gasteiger charge is 2.30. The summed E-state index contributed by atoms with van der Waals surface area (Å²) in [7, 11) is -0.875. The van der Waals surface area contributed by atoms with E-state index in [0.717, 1.165) is 28.8 Å². The van der Waals surface area contributed by atoms with E-state index in [1.165, 1.54) is 25.9 Å². The Morgan fingerprint density at radius 1 is 1.20 bits per heavy atom. The maximum Gasteiger partial charge on any atom is 0.245 e. The van der Waals surface area contributed by atoms with Crippen LogP contribution in [0.2, 0.25) is 0 Å². The monoisotopic (exact) mass is 306 g/mol. The lowest BCUT2D eigenvalue weighted by atomic mass is 10.2. The average molecular weight is 306 g/mol. The molecule has 0 aromatic heterocycles. The van der Waals surface area contributed by atoms with Crippen LogP contribution in [-0.4, -0.2) is 45.6 Å². The van der Waals surface area contributed by atoms with E-state index >= 15 is 0 Å². The molecule has 0 aliphatic heterocycles. The molecule has 1 aromatic carbocycles. The fourth-order valence-electron chi connectivity index (χ4n) is 1.80. The van der Waals surface area contributed by atoms with Crippen molar-refractivity contribution in [2.45, 2.75) is 13.0 Å². The number of halogens is 2. The van der Waals surface area contributed by atoms with Gasteiger partial charge in [0, 0.05) is 20.2 Å². The van der Waals surface area contributed by atoms with Crippen molar-refractivity contribution in [1.82, 2.24) is 4.90 Å². The van der Waals surface area contributed by atoms with Crippen LogP contribution < -0.4 is 4.31 Å². The Balaban J connectivity index is 3.34. The van der Waals surface area contributed by atoms with Gasteiger partial charge < -0.3 is 4.90 Å². The van der Waals surface area contributed by atoms with E-state index in [-0.39, 0.29) is 5.69 Å². The molecular formula is C12H16F2N2O3S. The minimum absolute atomic E-state index is 0.103. The molecule has 1 aromatic rings. The average Bonchev–Trinajstić information content (AvgIpc) is 2.30. The number of carbonyl (C=O) groups is 1. The fraction of sp³-hybridized carbons (Fsp3) is 0.417. The first-order valence-electron chi connectivity index (χ1n) is 5.71. The van der Waals surface area contributed by atoms with Crippen molar-refractivity contribution in [2.75, 3.05) is 24.7 Å². The third-order valence-corrected chi connectivity index (χ3v) is 3.91. The van der Waals surface area contributed by atoms with Gasteiger partial charge in [0.15, 0.2) is 11.6 Å². The van der Waals surface area contributed by atoms with Crippen LogP contribution in [0.3, 0.4) is 0 Å². The Morgan fingerprint density at radius 3 is 2.15 bits per heavy atom. The second-order valence-corrected chi connectivity index (χ2v) is 6.43. The first kappa shape index (κ1) is 16.4. The summed E-state index contributed by atoms with van der Waals surface area (Å²) in [6, 6.07) is 1.61. The molecule has 0 radical (unpaired) electrons. The molecule has 0 heterocycles. The zero-order chi connectivity index (χ0) is 15.7. The van der Waals surface area contributed by atoms with Crippen LogP contribution in [0.15, 0.2) is 18.2 Å². The van der Waals surface area contributed by atoms with Crippen LogP contribution in [0.4, 0.5) is 14.5 Å². The summed E-state index contributed by atoms with van der Waals surface area (Å²) in [6.45, 7) is 1.38. The summed E-state index contributed by atoms with van der Waals surface area (Å²) in [5, 5.41) is 0. The van der Waals surface area contributed by atoms with E-state index in [0.29, 0.717) is 0 Å². The quantitative estimate of drug-likeness (QED) is 0.840. The molecule has 20 heavy (non-hydrogen) atoms. The van der Waals surface area contributed by atoms with Gasteiger partial charge in [0.1, 0.15) is 6.04 Å². The first-order chi connectivity index (χ1) is 9.05. The van der Waals surface area contributed by atoms with Gasteiger partial charge in [-0.25, -0.2) is 17.2 Å². The number of nitrogens with zero attached hydrogens (tertiary/aromatic N) is 2. The van der Waals surface area contributed by atoms with Crippen molar-refractivity contribution in [3.8, 4) is 0 Å². The number of hydrogen-bond acceptors (Lipinski definition) is 3. The van der Waals surface area contributed by atoms with Crippen molar-refractivity contribution in [3.63, 3.8) is 0 Å². The second-order valence-electron chi connectivity index (χ2n) is 4.57. The SMILES string of the molecule is C[C@H](C(=O)N(C)C)N(c1ccc(F)c(F)c1)S(C)(=O)=O. The van der Waals surface area contributed by atoms with Gasteiger partial charge in [0.05, 0.1) is 11.9 Å². The van der Waals surface area contributed by atoms with Gasteiger partial charge in [-0.3, -0.25) is 9.10 Å². The zero-order valence-corrected chi connectivity index (χ0v) is 12.4. The lowest BCUT2D eigenvalue weighted by Gasteiger charge is -2.29. The maximum atomic E-state index is 13.3. The molecular weight excluding hydrogens is 290 g/mol. The van der Waals surface area contributed by atoms with Crippen LogP contribution in [0.25, 0.3) is 0 Å². The summed E-state index contributed by atoms with van der Waals surface area (Å²) in [6.07, 6.45) is 0.897. The number of sulfonamides is 1. The molecule has 1 amide bonds.